The molecule has 23 heavy (non-hydrogen) atoms. The molecule has 0 amide bonds. The van der Waals surface area contributed by atoms with Gasteiger partial charge in [-0.05, 0) is 17.7 Å². The van der Waals surface area contributed by atoms with Crippen LogP contribution in [-0.4, -0.2) is 11.7 Å². The quantitative estimate of drug-likeness (QED) is 0.610. The molecule has 7 heteroatoms. The molecule has 5 nitrogen and oxygen atoms in total. The number of ether oxygens (including phenoxy) is 2. The molecular weight excluding hydrogens is 321 g/mol. The van der Waals surface area contributed by atoms with Crippen molar-refractivity contribution in [3.63, 3.8) is 0 Å². The lowest BCUT2D eigenvalue weighted by Crippen LogP contribution is -2.13. The van der Waals surface area contributed by atoms with Crippen molar-refractivity contribution in [1.82, 2.24) is 0 Å². The lowest BCUT2D eigenvalue weighted by atomic mass is 10.1. The van der Waals surface area contributed by atoms with Crippen molar-refractivity contribution in [2.24, 2.45) is 0 Å². The van der Waals surface area contributed by atoms with Gasteiger partial charge in [0.2, 0.25) is 0 Å². The molecule has 1 aliphatic heterocycles. The third-order valence-electron chi connectivity index (χ3n) is 3.42. The van der Waals surface area contributed by atoms with Crippen LogP contribution in [0.1, 0.15) is 16.7 Å². The normalized spacial score (nSPS) is 13.3. The third-order valence-corrected chi connectivity index (χ3v) is 4.47. The van der Waals surface area contributed by atoms with Crippen molar-refractivity contribution >= 4 is 17.4 Å². The first-order valence-electron chi connectivity index (χ1n) is 6.96. The molecule has 0 aromatic heterocycles. The fraction of sp³-hybridized carbons (Fsp3) is 0.250. The summed E-state index contributed by atoms with van der Waals surface area (Å²) in [5.41, 5.74) is 2.52. The Labute approximate surface area is 136 Å². The molecule has 0 spiro atoms. The monoisotopic (exact) mass is 335 g/mol. The minimum Gasteiger partial charge on any atom is -0.467 e. The van der Waals surface area contributed by atoms with Crippen LogP contribution in [0.5, 0.6) is 5.75 Å². The third kappa shape index (κ3) is 3.80. The van der Waals surface area contributed by atoms with Gasteiger partial charge in [0.1, 0.15) is 11.6 Å². The van der Waals surface area contributed by atoms with E-state index in [0.717, 1.165) is 11.1 Å². The number of nitrogens with zero attached hydrogens (tertiary/aromatic N) is 1. The fourth-order valence-corrected chi connectivity index (χ4v) is 3.32. The zero-order valence-electron chi connectivity index (χ0n) is 12.2. The predicted molar refractivity (Wildman–Crippen MR) is 84.8 cm³/mol. The SMILES string of the molecule is O=[N+]([O-])c1cc2c(c(CSCc3ccc(F)cc3)c1)OCOC2. The molecule has 0 atom stereocenters. The highest BCUT2D eigenvalue weighted by Crippen LogP contribution is 2.35. The second-order valence-corrected chi connectivity index (χ2v) is 6.07. The Hall–Kier alpha value is -2.12. The van der Waals surface area contributed by atoms with Gasteiger partial charge in [0.25, 0.3) is 5.69 Å². The summed E-state index contributed by atoms with van der Waals surface area (Å²) in [6, 6.07) is 9.34. The molecule has 1 aliphatic rings. The van der Waals surface area contributed by atoms with E-state index in [9.17, 15) is 14.5 Å². The van der Waals surface area contributed by atoms with Gasteiger partial charge in [-0.3, -0.25) is 10.1 Å². The van der Waals surface area contributed by atoms with Gasteiger partial charge in [0.15, 0.2) is 6.79 Å². The van der Waals surface area contributed by atoms with Gasteiger partial charge in [-0.1, -0.05) is 12.1 Å². The molecule has 3 rings (SSSR count). The van der Waals surface area contributed by atoms with Crippen LogP contribution in [0.25, 0.3) is 0 Å². The molecule has 0 saturated heterocycles. The number of nitro benzene ring substituents is 1. The number of halogens is 1. The van der Waals surface area contributed by atoms with Crippen molar-refractivity contribution in [1.29, 1.82) is 0 Å². The maximum absolute atomic E-state index is 12.9. The molecule has 120 valence electrons. The molecule has 2 aromatic carbocycles. The Kier molecular flexibility index (Phi) is 4.78. The molecule has 0 saturated carbocycles. The highest BCUT2D eigenvalue weighted by molar-refractivity contribution is 7.97. The van der Waals surface area contributed by atoms with Crippen LogP contribution in [0.2, 0.25) is 0 Å². The number of fused-ring (bicyclic) bond motifs is 1. The van der Waals surface area contributed by atoms with Crippen molar-refractivity contribution in [2.75, 3.05) is 6.79 Å². The Balaban J connectivity index is 1.74. The molecule has 0 aliphatic carbocycles. The van der Waals surface area contributed by atoms with Gasteiger partial charge in [-0.25, -0.2) is 4.39 Å². The first-order valence-corrected chi connectivity index (χ1v) is 8.12. The van der Waals surface area contributed by atoms with E-state index in [1.807, 2.05) is 0 Å². The Morgan fingerprint density at radius 1 is 1.22 bits per heavy atom. The number of hydrogen-bond donors (Lipinski definition) is 0. The van der Waals surface area contributed by atoms with Gasteiger partial charge in [0, 0.05) is 34.8 Å². The Morgan fingerprint density at radius 3 is 2.74 bits per heavy atom. The summed E-state index contributed by atoms with van der Waals surface area (Å²) >= 11 is 1.59. The minimum absolute atomic E-state index is 0.0373. The summed E-state index contributed by atoms with van der Waals surface area (Å²) in [5.74, 6) is 1.67. The molecule has 0 unspecified atom stereocenters. The van der Waals surface area contributed by atoms with Crippen LogP contribution in [0.4, 0.5) is 10.1 Å². The van der Waals surface area contributed by atoms with Crippen LogP contribution in [-0.2, 0) is 22.8 Å². The highest BCUT2D eigenvalue weighted by atomic mass is 32.2. The summed E-state index contributed by atoms with van der Waals surface area (Å²) in [4.78, 5) is 10.6. The molecular formula is C16H14FNO4S. The lowest BCUT2D eigenvalue weighted by Gasteiger charge is -2.20. The van der Waals surface area contributed by atoms with E-state index in [1.54, 1.807) is 30.0 Å². The highest BCUT2D eigenvalue weighted by Gasteiger charge is 2.20. The number of nitro groups is 1. The summed E-state index contributed by atoms with van der Waals surface area (Å²) in [5, 5.41) is 11.0. The molecule has 0 radical (unpaired) electrons. The first kappa shape index (κ1) is 15.8. The van der Waals surface area contributed by atoms with Crippen LogP contribution >= 0.6 is 11.8 Å². The number of benzene rings is 2. The fourth-order valence-electron chi connectivity index (χ4n) is 2.35. The van der Waals surface area contributed by atoms with Crippen LogP contribution in [0.3, 0.4) is 0 Å². The van der Waals surface area contributed by atoms with Crippen LogP contribution < -0.4 is 4.74 Å². The second-order valence-electron chi connectivity index (χ2n) is 5.08. The molecule has 0 N–H and O–H groups in total. The van der Waals surface area contributed by atoms with Gasteiger partial charge in [0.05, 0.1) is 11.5 Å². The maximum atomic E-state index is 12.9. The molecule has 0 bridgehead atoms. The van der Waals surface area contributed by atoms with E-state index < -0.39 is 4.92 Å². The van der Waals surface area contributed by atoms with E-state index in [2.05, 4.69) is 0 Å². The smallest absolute Gasteiger partial charge is 0.270 e. The lowest BCUT2D eigenvalue weighted by molar-refractivity contribution is -0.385. The average molecular weight is 335 g/mol. The van der Waals surface area contributed by atoms with Crippen molar-refractivity contribution < 1.29 is 18.8 Å². The maximum Gasteiger partial charge on any atom is 0.270 e. The predicted octanol–water partition coefficient (Wildman–Crippen LogP) is 4.03. The number of non-ortho nitro benzene ring substituents is 1. The van der Waals surface area contributed by atoms with E-state index in [4.69, 9.17) is 9.47 Å². The van der Waals surface area contributed by atoms with E-state index in [1.165, 1.54) is 18.2 Å². The van der Waals surface area contributed by atoms with Crippen molar-refractivity contribution in [3.8, 4) is 5.75 Å². The summed E-state index contributed by atoms with van der Waals surface area (Å²) in [6.45, 7) is 0.465. The standard InChI is InChI=1S/C16H14FNO4S/c17-14-3-1-11(2-4-14)8-23-9-13-6-15(18(19)20)5-12-7-21-10-22-16(12)13/h1-6H,7-10H2. The zero-order valence-corrected chi connectivity index (χ0v) is 13.0. The minimum atomic E-state index is -0.414. The van der Waals surface area contributed by atoms with Crippen molar-refractivity contribution in [2.45, 2.75) is 18.1 Å². The second kappa shape index (κ2) is 6.97. The average Bonchev–Trinajstić information content (AvgIpc) is 2.56. The van der Waals surface area contributed by atoms with Gasteiger partial charge >= 0.3 is 0 Å². The number of hydrogen-bond acceptors (Lipinski definition) is 5. The molecule has 0 fully saturated rings. The van der Waals surface area contributed by atoms with E-state index >= 15 is 0 Å². The van der Waals surface area contributed by atoms with Crippen LogP contribution in [0, 0.1) is 15.9 Å². The number of thioether (sulfide) groups is 1. The summed E-state index contributed by atoms with van der Waals surface area (Å²) in [6.07, 6.45) is 0. The zero-order chi connectivity index (χ0) is 16.2. The van der Waals surface area contributed by atoms with Gasteiger partial charge in [-0.15, -0.1) is 0 Å². The van der Waals surface area contributed by atoms with Crippen molar-refractivity contribution in [3.05, 3.63) is 69.0 Å². The Bertz CT molecular complexity index is 721. The first-order chi connectivity index (χ1) is 11.1. The van der Waals surface area contributed by atoms with Gasteiger partial charge < -0.3 is 9.47 Å². The van der Waals surface area contributed by atoms with Gasteiger partial charge in [-0.2, -0.15) is 11.8 Å². The van der Waals surface area contributed by atoms with E-state index in [-0.39, 0.29) is 18.3 Å². The summed E-state index contributed by atoms with van der Waals surface area (Å²) in [7, 11) is 0. The molecule has 1 heterocycles. The number of rotatable bonds is 5. The molecule has 2 aromatic rings. The van der Waals surface area contributed by atoms with Crippen LogP contribution in [0.15, 0.2) is 36.4 Å². The topological polar surface area (TPSA) is 61.6 Å². The Morgan fingerprint density at radius 2 is 2.00 bits per heavy atom. The summed E-state index contributed by atoms with van der Waals surface area (Å²) < 4.78 is 23.6. The largest absolute Gasteiger partial charge is 0.467 e. The van der Waals surface area contributed by atoms with E-state index in [0.29, 0.717) is 29.4 Å².